The van der Waals surface area contributed by atoms with Gasteiger partial charge in [0.2, 0.25) is 0 Å². The summed E-state index contributed by atoms with van der Waals surface area (Å²) in [7, 11) is 1.86. The van der Waals surface area contributed by atoms with Crippen LogP contribution in [-0.2, 0) is 7.05 Å². The van der Waals surface area contributed by atoms with Crippen LogP contribution in [0, 0.1) is 13.8 Å². The molecular formula is C16H19BrN4O2. The van der Waals surface area contributed by atoms with Crippen molar-refractivity contribution >= 4 is 21.8 Å². The van der Waals surface area contributed by atoms with Gasteiger partial charge in [0.05, 0.1) is 22.3 Å². The highest BCUT2D eigenvalue weighted by Gasteiger charge is 2.31. The van der Waals surface area contributed by atoms with Crippen LogP contribution < -0.4 is 4.74 Å². The van der Waals surface area contributed by atoms with Crippen LogP contribution >= 0.6 is 15.9 Å². The normalized spacial score (nSPS) is 17.6. The average Bonchev–Trinajstić information content (AvgIpc) is 3.07. The van der Waals surface area contributed by atoms with Crippen molar-refractivity contribution in [1.29, 1.82) is 0 Å². The van der Waals surface area contributed by atoms with E-state index in [0.29, 0.717) is 18.7 Å². The number of hydrogen-bond acceptors (Lipinski definition) is 4. The van der Waals surface area contributed by atoms with Gasteiger partial charge in [-0.05, 0) is 35.8 Å². The van der Waals surface area contributed by atoms with Crippen molar-refractivity contribution in [2.75, 3.05) is 13.1 Å². The molecule has 0 aromatic carbocycles. The first-order valence-corrected chi connectivity index (χ1v) is 8.32. The molecule has 1 fully saturated rings. The van der Waals surface area contributed by atoms with Gasteiger partial charge in [-0.1, -0.05) is 0 Å². The highest BCUT2D eigenvalue weighted by Crippen LogP contribution is 2.27. The molecule has 1 unspecified atom stereocenters. The molecular weight excluding hydrogens is 360 g/mol. The van der Waals surface area contributed by atoms with Crippen molar-refractivity contribution in [1.82, 2.24) is 19.7 Å². The third-order valence-corrected chi connectivity index (χ3v) is 4.78. The van der Waals surface area contributed by atoms with Crippen molar-refractivity contribution in [3.8, 4) is 5.75 Å². The molecule has 1 amide bonds. The fourth-order valence-corrected chi connectivity index (χ4v) is 3.23. The molecule has 0 spiro atoms. The number of carbonyl (C=O) groups excluding carboxylic acids is 1. The second kappa shape index (κ2) is 6.31. The number of ether oxygens (including phenoxy) is 1. The predicted octanol–water partition coefficient (Wildman–Crippen LogP) is 2.49. The van der Waals surface area contributed by atoms with Gasteiger partial charge in [0, 0.05) is 38.1 Å². The number of halogens is 1. The minimum atomic E-state index is -0.00469. The van der Waals surface area contributed by atoms with Crippen molar-refractivity contribution < 1.29 is 9.53 Å². The molecule has 122 valence electrons. The summed E-state index contributed by atoms with van der Waals surface area (Å²) in [6.07, 6.45) is 4.21. The highest BCUT2D eigenvalue weighted by molar-refractivity contribution is 9.10. The Hall–Kier alpha value is -1.89. The molecule has 0 aliphatic carbocycles. The van der Waals surface area contributed by atoms with Gasteiger partial charge in [-0.25, -0.2) is 0 Å². The van der Waals surface area contributed by atoms with Crippen LogP contribution in [0.15, 0.2) is 22.9 Å². The highest BCUT2D eigenvalue weighted by atomic mass is 79.9. The summed E-state index contributed by atoms with van der Waals surface area (Å²) in [5.41, 5.74) is 2.38. The zero-order chi connectivity index (χ0) is 16.6. The number of amides is 1. The standard InChI is InChI=1S/C16H19BrN4O2/c1-10-15(11(2)20(3)19-10)16(22)21-7-5-12(9-21)23-14-4-6-18-8-13(14)17/h4,6,8,12H,5,7,9H2,1-3H3. The van der Waals surface area contributed by atoms with Gasteiger partial charge >= 0.3 is 0 Å². The zero-order valence-electron chi connectivity index (χ0n) is 13.4. The molecule has 0 saturated carbocycles. The average molecular weight is 379 g/mol. The summed E-state index contributed by atoms with van der Waals surface area (Å²) in [5.74, 6) is 0.793. The summed E-state index contributed by atoms with van der Waals surface area (Å²) >= 11 is 3.43. The number of aryl methyl sites for hydroxylation is 2. The van der Waals surface area contributed by atoms with E-state index < -0.39 is 0 Å². The van der Waals surface area contributed by atoms with Crippen molar-refractivity contribution in [3.63, 3.8) is 0 Å². The smallest absolute Gasteiger partial charge is 0.257 e. The summed E-state index contributed by atoms with van der Waals surface area (Å²) in [6.45, 7) is 5.07. The number of nitrogens with zero attached hydrogens (tertiary/aromatic N) is 4. The predicted molar refractivity (Wildman–Crippen MR) is 89.6 cm³/mol. The number of rotatable bonds is 3. The fourth-order valence-electron chi connectivity index (χ4n) is 2.89. The molecule has 1 aliphatic rings. The molecule has 0 N–H and O–H groups in total. The first-order chi connectivity index (χ1) is 11.0. The Kier molecular flexibility index (Phi) is 4.39. The van der Waals surface area contributed by atoms with Crippen LogP contribution in [0.5, 0.6) is 5.75 Å². The van der Waals surface area contributed by atoms with Crippen LogP contribution in [0.4, 0.5) is 0 Å². The van der Waals surface area contributed by atoms with Crippen LogP contribution in [-0.4, -0.2) is 44.8 Å². The number of likely N-dealkylation sites (tertiary alicyclic amines) is 1. The quantitative estimate of drug-likeness (QED) is 0.822. The Morgan fingerprint density at radius 3 is 2.87 bits per heavy atom. The van der Waals surface area contributed by atoms with Gasteiger partial charge in [0.25, 0.3) is 5.91 Å². The van der Waals surface area contributed by atoms with E-state index in [9.17, 15) is 4.79 Å². The van der Waals surface area contributed by atoms with Crippen molar-refractivity contribution in [2.45, 2.75) is 26.4 Å². The minimum absolute atomic E-state index is 0.00469. The van der Waals surface area contributed by atoms with Crippen LogP contribution in [0.25, 0.3) is 0 Å². The molecule has 23 heavy (non-hydrogen) atoms. The molecule has 2 aromatic heterocycles. The van der Waals surface area contributed by atoms with Crippen molar-refractivity contribution in [2.24, 2.45) is 7.05 Å². The third-order valence-electron chi connectivity index (χ3n) is 4.18. The summed E-state index contributed by atoms with van der Waals surface area (Å²) in [6, 6.07) is 1.82. The molecule has 1 saturated heterocycles. The lowest BCUT2D eigenvalue weighted by atomic mass is 10.2. The molecule has 1 aliphatic heterocycles. The molecule has 3 rings (SSSR count). The van der Waals surface area contributed by atoms with E-state index in [-0.39, 0.29) is 12.0 Å². The Bertz CT molecular complexity index is 744. The largest absolute Gasteiger partial charge is 0.487 e. The van der Waals surface area contributed by atoms with E-state index in [1.165, 1.54) is 0 Å². The number of pyridine rings is 1. The Balaban J connectivity index is 1.70. The van der Waals surface area contributed by atoms with Crippen molar-refractivity contribution in [3.05, 3.63) is 39.9 Å². The molecule has 7 heteroatoms. The molecule has 1 atom stereocenters. The SMILES string of the molecule is Cc1nn(C)c(C)c1C(=O)N1CCC(Oc2ccncc2Br)C1. The molecule has 0 radical (unpaired) electrons. The minimum Gasteiger partial charge on any atom is -0.487 e. The Morgan fingerprint density at radius 2 is 2.22 bits per heavy atom. The van der Waals surface area contributed by atoms with E-state index in [0.717, 1.165) is 28.0 Å². The Labute approximate surface area is 143 Å². The number of aromatic nitrogens is 3. The fraction of sp³-hybridized carbons (Fsp3) is 0.438. The van der Waals surface area contributed by atoms with Gasteiger partial charge in [0.15, 0.2) is 0 Å². The van der Waals surface area contributed by atoms with Gasteiger partial charge in [0.1, 0.15) is 11.9 Å². The van der Waals surface area contributed by atoms with E-state index in [4.69, 9.17) is 4.74 Å². The lowest BCUT2D eigenvalue weighted by molar-refractivity contribution is 0.0770. The second-order valence-corrected chi connectivity index (χ2v) is 6.61. The van der Waals surface area contributed by atoms with Gasteiger partial charge in [-0.3, -0.25) is 14.5 Å². The van der Waals surface area contributed by atoms with Crippen LogP contribution in [0.3, 0.4) is 0 Å². The van der Waals surface area contributed by atoms with E-state index in [2.05, 4.69) is 26.0 Å². The zero-order valence-corrected chi connectivity index (χ0v) is 15.0. The lowest BCUT2D eigenvalue weighted by Crippen LogP contribution is -2.31. The number of carbonyl (C=O) groups is 1. The van der Waals surface area contributed by atoms with Gasteiger partial charge in [-0.15, -0.1) is 0 Å². The van der Waals surface area contributed by atoms with Gasteiger partial charge < -0.3 is 9.64 Å². The Morgan fingerprint density at radius 1 is 1.43 bits per heavy atom. The monoisotopic (exact) mass is 378 g/mol. The topological polar surface area (TPSA) is 60.2 Å². The second-order valence-electron chi connectivity index (χ2n) is 5.76. The summed E-state index contributed by atoms with van der Waals surface area (Å²) in [4.78, 5) is 18.6. The first kappa shape index (κ1) is 16.0. The van der Waals surface area contributed by atoms with E-state index in [1.807, 2.05) is 31.9 Å². The summed E-state index contributed by atoms with van der Waals surface area (Å²) in [5, 5.41) is 4.33. The first-order valence-electron chi connectivity index (χ1n) is 7.53. The maximum Gasteiger partial charge on any atom is 0.257 e. The van der Waals surface area contributed by atoms with Crippen LogP contribution in [0.2, 0.25) is 0 Å². The lowest BCUT2D eigenvalue weighted by Gasteiger charge is -2.18. The van der Waals surface area contributed by atoms with Crippen LogP contribution in [0.1, 0.15) is 28.2 Å². The maximum atomic E-state index is 12.8. The summed E-state index contributed by atoms with van der Waals surface area (Å²) < 4.78 is 8.56. The molecule has 0 bridgehead atoms. The molecule has 2 aromatic rings. The van der Waals surface area contributed by atoms with Gasteiger partial charge in [-0.2, -0.15) is 5.10 Å². The number of hydrogen-bond donors (Lipinski definition) is 0. The molecule has 6 nitrogen and oxygen atoms in total. The van der Waals surface area contributed by atoms with E-state index in [1.54, 1.807) is 17.1 Å². The van der Waals surface area contributed by atoms with E-state index >= 15 is 0 Å². The molecule has 3 heterocycles. The maximum absolute atomic E-state index is 12.8. The third kappa shape index (κ3) is 3.10.